The smallest absolute Gasteiger partial charge is 0.402 e. The van der Waals surface area contributed by atoms with E-state index in [2.05, 4.69) is 20.8 Å². The molecule has 0 spiro atoms. The van der Waals surface area contributed by atoms with E-state index in [9.17, 15) is 4.79 Å². The number of hydrogen-bond donors (Lipinski definition) is 0. The van der Waals surface area contributed by atoms with Crippen LogP contribution >= 0.6 is 0 Å². The highest BCUT2D eigenvalue weighted by molar-refractivity contribution is 6.78. The van der Waals surface area contributed by atoms with Crippen molar-refractivity contribution in [3.05, 3.63) is 0 Å². The first-order valence-electron chi connectivity index (χ1n) is 13.8. The Morgan fingerprint density at radius 2 is 1.34 bits per heavy atom. The van der Waals surface area contributed by atoms with Crippen LogP contribution in [0.25, 0.3) is 0 Å². The second kappa shape index (κ2) is 14.3. The third-order valence-electron chi connectivity index (χ3n) is 8.21. The molecular formula is C26H51O4Si2. The first kappa shape index (κ1) is 28.1. The monoisotopic (exact) mass is 483 g/mol. The zero-order chi connectivity index (χ0) is 23.5. The van der Waals surface area contributed by atoms with Crippen LogP contribution in [0.5, 0.6) is 0 Å². The summed E-state index contributed by atoms with van der Waals surface area (Å²) in [6.45, 7) is 11.6. The highest BCUT2D eigenvalue weighted by Crippen LogP contribution is 2.53. The molecule has 187 valence electrons. The van der Waals surface area contributed by atoms with Gasteiger partial charge in [-0.3, -0.25) is 4.79 Å². The Balaban J connectivity index is 2.39. The molecule has 0 bridgehead atoms. The van der Waals surface area contributed by atoms with Gasteiger partial charge in [0.15, 0.2) is 0 Å². The maximum absolute atomic E-state index is 14.1. The minimum atomic E-state index is -2.26. The number of hydrogen-bond acceptors (Lipinski definition) is 4. The fraction of sp³-hybridized carbons (Fsp3) is 0.962. The normalized spacial score (nSPS) is 20.9. The van der Waals surface area contributed by atoms with Gasteiger partial charge in [0, 0.05) is 13.2 Å². The largest absolute Gasteiger partial charge is 0.518 e. The van der Waals surface area contributed by atoms with Gasteiger partial charge in [0.25, 0.3) is 14.3 Å². The molecule has 1 atom stereocenters. The van der Waals surface area contributed by atoms with Crippen LogP contribution in [0.4, 0.5) is 0 Å². The molecule has 2 fully saturated rings. The van der Waals surface area contributed by atoms with E-state index in [4.69, 9.17) is 13.3 Å². The van der Waals surface area contributed by atoms with Crippen molar-refractivity contribution in [2.45, 2.75) is 147 Å². The molecule has 4 nitrogen and oxygen atoms in total. The van der Waals surface area contributed by atoms with Gasteiger partial charge in [-0.15, -0.1) is 0 Å². The molecule has 2 aliphatic carbocycles. The summed E-state index contributed by atoms with van der Waals surface area (Å²) < 4.78 is 19.2. The van der Waals surface area contributed by atoms with Crippen molar-refractivity contribution < 1.29 is 18.1 Å². The van der Waals surface area contributed by atoms with Gasteiger partial charge in [0.2, 0.25) is 0 Å². The molecular weight excluding hydrogens is 432 g/mol. The standard InChI is InChI=1S/C26H51O4Si2/c1-6-10-17-22-32(23-18-13-11-14-19-23,24-20-15-12-16-21-24)30-25(27)26(5,7-2)31(28-8-3)29-9-4/h23-24H,6-22H2,1-5H3. The SMILES string of the molecule is CCCCC[Si](OC(=O)C(C)(CC)[Si](OCC)OCC)(C1CCCCC1)C1CCCCC1. The summed E-state index contributed by atoms with van der Waals surface area (Å²) in [5.74, 6) is 0.00935. The average molecular weight is 484 g/mol. The van der Waals surface area contributed by atoms with Crippen molar-refractivity contribution in [1.29, 1.82) is 0 Å². The minimum absolute atomic E-state index is 0.00935. The van der Waals surface area contributed by atoms with E-state index >= 15 is 0 Å². The van der Waals surface area contributed by atoms with Gasteiger partial charge in [-0.2, -0.15) is 0 Å². The molecule has 6 heteroatoms. The summed E-state index contributed by atoms with van der Waals surface area (Å²) in [7, 11) is -4.00. The molecule has 0 N–H and O–H groups in total. The van der Waals surface area contributed by atoms with Crippen LogP contribution in [0.3, 0.4) is 0 Å². The topological polar surface area (TPSA) is 44.8 Å². The molecule has 0 aromatic rings. The van der Waals surface area contributed by atoms with Gasteiger partial charge in [0.05, 0.1) is 0 Å². The van der Waals surface area contributed by atoms with Gasteiger partial charge in [0.1, 0.15) is 5.04 Å². The molecule has 0 aromatic heterocycles. The fourth-order valence-electron chi connectivity index (χ4n) is 6.07. The van der Waals surface area contributed by atoms with Crippen LogP contribution in [-0.2, 0) is 18.1 Å². The minimum Gasteiger partial charge on any atom is -0.518 e. The summed E-state index contributed by atoms with van der Waals surface area (Å²) in [5, 5.41) is -0.650. The van der Waals surface area contributed by atoms with Gasteiger partial charge in [-0.1, -0.05) is 71.6 Å². The van der Waals surface area contributed by atoms with Gasteiger partial charge in [-0.05, 0) is 70.0 Å². The van der Waals surface area contributed by atoms with Crippen LogP contribution in [0.2, 0.25) is 22.2 Å². The Morgan fingerprint density at radius 1 is 0.844 bits per heavy atom. The quantitative estimate of drug-likeness (QED) is 0.185. The molecule has 0 aromatic carbocycles. The van der Waals surface area contributed by atoms with E-state index < -0.39 is 22.6 Å². The first-order chi connectivity index (χ1) is 15.5. The van der Waals surface area contributed by atoms with Crippen LogP contribution < -0.4 is 0 Å². The van der Waals surface area contributed by atoms with Crippen molar-refractivity contribution in [2.24, 2.45) is 0 Å². The van der Waals surface area contributed by atoms with Crippen LogP contribution in [0.1, 0.15) is 125 Å². The number of unbranched alkanes of at least 4 members (excludes halogenated alkanes) is 2. The van der Waals surface area contributed by atoms with Crippen molar-refractivity contribution in [1.82, 2.24) is 0 Å². The Morgan fingerprint density at radius 3 is 1.75 bits per heavy atom. The van der Waals surface area contributed by atoms with Crippen LogP contribution in [0.15, 0.2) is 0 Å². The molecule has 0 aliphatic heterocycles. The maximum Gasteiger partial charge on any atom is 0.402 e. The van der Waals surface area contributed by atoms with Gasteiger partial charge < -0.3 is 13.3 Å². The number of carbonyl (C=O) groups is 1. The molecule has 0 amide bonds. The highest BCUT2D eigenvalue weighted by Gasteiger charge is 2.56. The van der Waals surface area contributed by atoms with E-state index in [1.807, 2.05) is 13.8 Å². The van der Waals surface area contributed by atoms with Crippen LogP contribution in [-0.4, -0.2) is 36.8 Å². The molecule has 32 heavy (non-hydrogen) atoms. The number of carbonyl (C=O) groups excluding carboxylic acids is 1. The van der Waals surface area contributed by atoms with Crippen molar-refractivity contribution in [2.75, 3.05) is 13.2 Å². The lowest BCUT2D eigenvalue weighted by atomic mass is 9.99. The Labute approximate surface area is 201 Å². The molecule has 1 radical (unpaired) electrons. The third-order valence-corrected chi connectivity index (χ3v) is 16.4. The maximum atomic E-state index is 14.1. The predicted octanol–water partition coefficient (Wildman–Crippen LogP) is 8.07. The first-order valence-corrected chi connectivity index (χ1v) is 17.4. The third kappa shape index (κ3) is 6.92. The Kier molecular flexibility index (Phi) is 12.5. The molecule has 1 unspecified atom stereocenters. The molecule has 2 saturated carbocycles. The predicted molar refractivity (Wildman–Crippen MR) is 138 cm³/mol. The van der Waals surface area contributed by atoms with E-state index in [1.54, 1.807) is 0 Å². The molecule has 0 heterocycles. The van der Waals surface area contributed by atoms with Gasteiger partial charge >= 0.3 is 9.28 Å². The van der Waals surface area contributed by atoms with E-state index in [-0.39, 0.29) is 5.97 Å². The van der Waals surface area contributed by atoms with E-state index in [0.717, 1.165) is 6.42 Å². The Hall–Kier alpha value is -0.176. The summed E-state index contributed by atoms with van der Waals surface area (Å²) in [6.07, 6.45) is 17.5. The van der Waals surface area contributed by atoms with Crippen molar-refractivity contribution >= 4 is 23.6 Å². The van der Waals surface area contributed by atoms with Crippen molar-refractivity contribution in [3.8, 4) is 0 Å². The Bertz CT molecular complexity index is 508. The summed E-state index contributed by atoms with van der Waals surface area (Å²) >= 11 is 0. The summed E-state index contributed by atoms with van der Waals surface area (Å²) in [4.78, 5) is 14.1. The van der Waals surface area contributed by atoms with Gasteiger partial charge in [-0.25, -0.2) is 0 Å². The van der Waals surface area contributed by atoms with E-state index in [1.165, 1.54) is 89.5 Å². The molecule has 2 rings (SSSR count). The van der Waals surface area contributed by atoms with E-state index in [0.29, 0.717) is 24.3 Å². The zero-order valence-corrected chi connectivity index (χ0v) is 23.8. The average Bonchev–Trinajstić information content (AvgIpc) is 2.84. The van der Waals surface area contributed by atoms with Crippen molar-refractivity contribution in [3.63, 3.8) is 0 Å². The molecule has 2 aliphatic rings. The summed E-state index contributed by atoms with van der Waals surface area (Å²) in [6, 6.07) is 1.17. The summed E-state index contributed by atoms with van der Waals surface area (Å²) in [5.41, 5.74) is 1.30. The number of rotatable bonds is 14. The second-order valence-electron chi connectivity index (χ2n) is 10.3. The lowest BCUT2D eigenvalue weighted by Gasteiger charge is -2.48. The van der Waals surface area contributed by atoms with Crippen LogP contribution in [0, 0.1) is 0 Å². The lowest BCUT2D eigenvalue weighted by Crippen LogP contribution is -2.54. The second-order valence-corrected chi connectivity index (χ2v) is 16.8. The highest BCUT2D eigenvalue weighted by atomic mass is 28.4. The zero-order valence-electron chi connectivity index (χ0n) is 21.8. The molecule has 0 saturated heterocycles. The fourth-order valence-corrected chi connectivity index (χ4v) is 14.0. The lowest BCUT2D eigenvalue weighted by molar-refractivity contribution is -0.140.